The van der Waals surface area contributed by atoms with Crippen molar-refractivity contribution >= 4 is 18.6 Å². The average molecular weight is 250 g/mol. The summed E-state index contributed by atoms with van der Waals surface area (Å²) >= 11 is -2.93. The zero-order valence-electron chi connectivity index (χ0n) is 6.90. The summed E-state index contributed by atoms with van der Waals surface area (Å²) in [6, 6.07) is 3.90. The fourth-order valence-corrected chi connectivity index (χ4v) is 5.99. The van der Waals surface area contributed by atoms with Gasteiger partial charge in [0.25, 0.3) is 0 Å². The molecule has 0 saturated carbocycles. The Labute approximate surface area is 89.1 Å². The predicted molar refractivity (Wildman–Crippen MR) is 53.6 cm³/mol. The van der Waals surface area contributed by atoms with Crippen molar-refractivity contribution in [2.75, 3.05) is 0 Å². The van der Waals surface area contributed by atoms with Crippen LogP contribution in [-0.4, -0.2) is 3.05 Å². The maximum absolute atomic E-state index is 6.42. The molecule has 0 aromatic carbocycles. The number of rotatable bonds is 2. The fourth-order valence-electron chi connectivity index (χ4n) is 1.37. The Morgan fingerprint density at radius 2 is 1.54 bits per heavy atom. The van der Waals surface area contributed by atoms with Gasteiger partial charge in [-0.2, -0.15) is 0 Å². The van der Waals surface area contributed by atoms with E-state index in [1.165, 1.54) is 0 Å². The normalized spacial score (nSPS) is 17.1. The van der Waals surface area contributed by atoms with Gasteiger partial charge in [0.15, 0.2) is 0 Å². The molecule has 13 heavy (non-hydrogen) atoms. The maximum atomic E-state index is 6.42. The third-order valence-electron chi connectivity index (χ3n) is 2.10. The molecule has 4 heteroatoms. The molecule has 0 fully saturated rings. The van der Waals surface area contributed by atoms with Gasteiger partial charge in [-0.1, -0.05) is 0 Å². The zero-order valence-corrected chi connectivity index (χ0v) is 9.97. The van der Waals surface area contributed by atoms with Crippen LogP contribution in [0.1, 0.15) is 0 Å². The van der Waals surface area contributed by atoms with Crippen molar-refractivity contribution in [2.24, 2.45) is 0 Å². The molecule has 1 aliphatic carbocycles. The van der Waals surface area contributed by atoms with Crippen molar-refractivity contribution in [3.05, 3.63) is 48.8 Å². The minimum absolute atomic E-state index is 0.232. The average Bonchev–Trinajstić information content (AvgIpc) is 2.78. The molecule has 0 bridgehead atoms. The molecule has 1 nitrogen and oxygen atoms in total. The van der Waals surface area contributed by atoms with Crippen LogP contribution in [-0.2, 0) is 14.7 Å². The van der Waals surface area contributed by atoms with Gasteiger partial charge in [0.05, 0.1) is 0 Å². The van der Waals surface area contributed by atoms with Crippen LogP contribution in [0, 0.1) is 0 Å². The monoisotopic (exact) mass is 249 g/mol. The number of halogens is 2. The summed E-state index contributed by atoms with van der Waals surface area (Å²) in [5.41, 5.74) is 0. The summed E-state index contributed by atoms with van der Waals surface area (Å²) in [5.74, 6) is 0. The number of nitrogens with zero attached hydrogens (tertiary/aromatic N) is 1. The van der Waals surface area contributed by atoms with Gasteiger partial charge in [0, 0.05) is 0 Å². The van der Waals surface area contributed by atoms with Crippen LogP contribution in [0.15, 0.2) is 48.8 Å². The molecule has 1 aromatic rings. The Hall–Kier alpha value is 0.0543. The van der Waals surface area contributed by atoms with Gasteiger partial charge in [-0.15, -0.1) is 0 Å². The van der Waals surface area contributed by atoms with Gasteiger partial charge in [-0.25, -0.2) is 0 Å². The molecule has 0 amide bonds. The Balaban J connectivity index is 2.30. The van der Waals surface area contributed by atoms with E-state index in [0.29, 0.717) is 0 Å². The molecule has 1 aromatic heterocycles. The summed E-state index contributed by atoms with van der Waals surface area (Å²) < 4.78 is 2.21. The second-order valence-corrected chi connectivity index (χ2v) is 12.2. The first-order valence-electron chi connectivity index (χ1n) is 4.07. The summed E-state index contributed by atoms with van der Waals surface area (Å²) in [5, 5.41) is 0. The SMILES string of the molecule is [Cl][Ti]([Cl])([CH]1C=CC=C1)[n]1cccc1. The van der Waals surface area contributed by atoms with Crippen molar-refractivity contribution in [3.63, 3.8) is 0 Å². The topological polar surface area (TPSA) is 4.93 Å². The molecule has 0 saturated heterocycles. The van der Waals surface area contributed by atoms with E-state index in [1.54, 1.807) is 0 Å². The number of allylic oxidation sites excluding steroid dienone is 4. The Morgan fingerprint density at radius 3 is 2.08 bits per heavy atom. The molecular weight excluding hydrogens is 241 g/mol. The Kier molecular flexibility index (Phi) is 2.71. The van der Waals surface area contributed by atoms with E-state index in [2.05, 4.69) is 12.2 Å². The van der Waals surface area contributed by atoms with Crippen LogP contribution in [0.3, 0.4) is 0 Å². The summed E-state index contributed by atoms with van der Waals surface area (Å²) in [7, 11) is 12.8. The molecule has 0 spiro atoms. The third kappa shape index (κ3) is 1.80. The van der Waals surface area contributed by atoms with Crippen LogP contribution < -0.4 is 0 Å². The van der Waals surface area contributed by atoms with Crippen molar-refractivity contribution in [1.82, 2.24) is 3.05 Å². The fraction of sp³-hybridized carbons (Fsp3) is 0.111. The molecular formula is C9H9Cl2NTi. The van der Waals surface area contributed by atoms with Crippen LogP contribution >= 0.6 is 18.6 Å². The summed E-state index contributed by atoms with van der Waals surface area (Å²) in [6.07, 6.45) is 12.0. The second-order valence-electron chi connectivity index (χ2n) is 2.97. The van der Waals surface area contributed by atoms with E-state index in [9.17, 15) is 0 Å². The van der Waals surface area contributed by atoms with Gasteiger partial charge < -0.3 is 0 Å². The van der Waals surface area contributed by atoms with E-state index in [-0.39, 0.29) is 4.22 Å². The number of hydrogen-bond donors (Lipinski definition) is 0. The van der Waals surface area contributed by atoms with Crippen LogP contribution in [0.2, 0.25) is 4.22 Å². The predicted octanol–water partition coefficient (Wildman–Crippen LogP) is 3.63. The number of aromatic nitrogens is 1. The standard InChI is InChI=1S/C5H5.C4H4N.2ClH.Ti/c2*1-2-4-5-3-1;;;/h1-5H;1-4H;2*1H;/q;-1;;;+3/p-2. The summed E-state index contributed by atoms with van der Waals surface area (Å²) in [6.45, 7) is 0. The van der Waals surface area contributed by atoms with Crippen LogP contribution in [0.5, 0.6) is 0 Å². The molecule has 0 radical (unpaired) electrons. The van der Waals surface area contributed by atoms with Gasteiger partial charge in [0.2, 0.25) is 0 Å². The second kappa shape index (κ2) is 3.66. The van der Waals surface area contributed by atoms with Gasteiger partial charge in [-0.3, -0.25) is 0 Å². The van der Waals surface area contributed by atoms with E-state index < -0.39 is 14.7 Å². The van der Waals surface area contributed by atoms with Crippen molar-refractivity contribution in [2.45, 2.75) is 4.22 Å². The van der Waals surface area contributed by atoms with Crippen LogP contribution in [0.4, 0.5) is 0 Å². The summed E-state index contributed by atoms with van der Waals surface area (Å²) in [4.78, 5) is 0. The van der Waals surface area contributed by atoms with Gasteiger partial charge in [-0.05, 0) is 0 Å². The molecule has 0 atom stereocenters. The van der Waals surface area contributed by atoms with Gasteiger partial charge >= 0.3 is 89.4 Å². The van der Waals surface area contributed by atoms with Crippen LogP contribution in [0.25, 0.3) is 0 Å². The van der Waals surface area contributed by atoms with Crippen molar-refractivity contribution in [1.29, 1.82) is 0 Å². The van der Waals surface area contributed by atoms with E-state index in [1.807, 2.05) is 39.7 Å². The molecule has 0 aliphatic heterocycles. The first-order valence-corrected chi connectivity index (χ1v) is 9.97. The van der Waals surface area contributed by atoms with Gasteiger partial charge in [0.1, 0.15) is 0 Å². The Morgan fingerprint density at radius 1 is 1.00 bits per heavy atom. The molecule has 68 valence electrons. The van der Waals surface area contributed by atoms with E-state index in [4.69, 9.17) is 18.6 Å². The minimum atomic E-state index is -2.93. The van der Waals surface area contributed by atoms with E-state index in [0.717, 1.165) is 0 Å². The van der Waals surface area contributed by atoms with Crippen molar-refractivity contribution in [3.8, 4) is 0 Å². The Bertz CT molecular complexity index is 329. The van der Waals surface area contributed by atoms with Crippen molar-refractivity contribution < 1.29 is 14.7 Å². The van der Waals surface area contributed by atoms with E-state index >= 15 is 0 Å². The molecule has 0 N–H and O–H groups in total. The molecule has 1 aliphatic rings. The third-order valence-corrected chi connectivity index (χ3v) is 9.18. The molecule has 0 unspecified atom stereocenters. The first-order chi connectivity index (χ1) is 6.21. The number of hydrogen-bond acceptors (Lipinski definition) is 0. The molecule has 1 heterocycles. The molecule has 2 rings (SSSR count). The first kappa shape index (κ1) is 9.60. The zero-order chi connectivity index (χ0) is 9.31. The quantitative estimate of drug-likeness (QED) is 0.706.